The average Bonchev–Trinajstić information content (AvgIpc) is 2.88. The van der Waals surface area contributed by atoms with Gasteiger partial charge in [0.25, 0.3) is 0 Å². The fraction of sp³-hybridized carbons (Fsp3) is 0.350. The van der Waals surface area contributed by atoms with Gasteiger partial charge >= 0.3 is 5.97 Å². The van der Waals surface area contributed by atoms with Crippen LogP contribution in [-0.2, 0) is 16.0 Å². The first-order chi connectivity index (χ1) is 12.5. The number of aliphatic carboxylic acids is 1. The predicted molar refractivity (Wildman–Crippen MR) is 97.4 cm³/mol. The maximum Gasteiger partial charge on any atom is 0.323 e. The van der Waals surface area contributed by atoms with Crippen LogP contribution in [0.2, 0.25) is 0 Å². The molecule has 2 aliphatic heterocycles. The Morgan fingerprint density at radius 1 is 1.31 bits per heavy atom. The molecular formula is C20H21N3O3. The van der Waals surface area contributed by atoms with E-state index < -0.39 is 5.97 Å². The molecule has 3 heterocycles. The highest BCUT2D eigenvalue weighted by molar-refractivity contribution is 5.96. The Kier molecular flexibility index (Phi) is 4.11. The number of nitrogens with zero attached hydrogens (tertiary/aromatic N) is 2. The van der Waals surface area contributed by atoms with Crippen LogP contribution in [-0.4, -0.2) is 46.0 Å². The summed E-state index contributed by atoms with van der Waals surface area (Å²) >= 11 is 0. The van der Waals surface area contributed by atoms with Crippen molar-refractivity contribution in [2.24, 2.45) is 5.92 Å². The lowest BCUT2D eigenvalue weighted by Crippen LogP contribution is -2.36. The number of nitrogens with one attached hydrogen (secondary N) is 1. The first-order valence-corrected chi connectivity index (χ1v) is 8.89. The third-order valence-electron chi connectivity index (χ3n) is 5.39. The van der Waals surface area contributed by atoms with Gasteiger partial charge in [-0.1, -0.05) is 24.3 Å². The van der Waals surface area contributed by atoms with E-state index in [2.05, 4.69) is 5.32 Å². The lowest BCUT2D eigenvalue weighted by atomic mass is 9.88. The predicted octanol–water partition coefficient (Wildman–Crippen LogP) is 1.96. The first kappa shape index (κ1) is 16.6. The molecule has 6 heteroatoms. The molecular weight excluding hydrogens is 330 g/mol. The van der Waals surface area contributed by atoms with Crippen LogP contribution >= 0.6 is 0 Å². The van der Waals surface area contributed by atoms with E-state index >= 15 is 0 Å². The number of aromatic nitrogens is 1. The summed E-state index contributed by atoms with van der Waals surface area (Å²) in [5.41, 5.74) is 3.47. The zero-order valence-electron chi connectivity index (χ0n) is 14.6. The molecule has 0 spiro atoms. The summed E-state index contributed by atoms with van der Waals surface area (Å²) in [6, 6.07) is 11.9. The molecule has 4 rings (SSSR count). The number of benzene rings is 1. The van der Waals surface area contributed by atoms with E-state index in [0.717, 1.165) is 27.9 Å². The summed E-state index contributed by atoms with van der Waals surface area (Å²) in [7, 11) is 0. The largest absolute Gasteiger partial charge is 0.480 e. The molecule has 0 fully saturated rings. The molecule has 0 saturated heterocycles. The molecule has 0 aliphatic carbocycles. The Labute approximate surface area is 151 Å². The Hall–Kier alpha value is -2.89. The van der Waals surface area contributed by atoms with Crippen molar-refractivity contribution in [1.29, 1.82) is 0 Å². The summed E-state index contributed by atoms with van der Waals surface area (Å²) < 4.78 is 0. The minimum Gasteiger partial charge on any atom is -0.480 e. The molecule has 1 amide bonds. The van der Waals surface area contributed by atoms with Crippen LogP contribution in [0, 0.1) is 5.92 Å². The number of carbonyl (C=O) groups excluding carboxylic acids is 1. The van der Waals surface area contributed by atoms with Crippen LogP contribution in [0.15, 0.2) is 47.7 Å². The lowest BCUT2D eigenvalue weighted by Gasteiger charge is -2.28. The molecule has 134 valence electrons. The minimum atomic E-state index is -0.876. The van der Waals surface area contributed by atoms with Gasteiger partial charge in [0.1, 0.15) is 6.54 Å². The normalized spacial score (nSPS) is 22.5. The Morgan fingerprint density at radius 2 is 2.12 bits per heavy atom. The smallest absolute Gasteiger partial charge is 0.323 e. The fourth-order valence-electron chi connectivity index (χ4n) is 4.15. The number of hydrogen-bond donors (Lipinski definition) is 2. The lowest BCUT2D eigenvalue weighted by molar-refractivity contribution is -0.138. The van der Waals surface area contributed by atoms with Crippen LogP contribution in [0.1, 0.15) is 19.0 Å². The molecule has 2 unspecified atom stereocenters. The van der Waals surface area contributed by atoms with E-state index in [1.807, 2.05) is 48.2 Å². The van der Waals surface area contributed by atoms with Crippen molar-refractivity contribution in [1.82, 2.24) is 15.2 Å². The second-order valence-corrected chi connectivity index (χ2v) is 6.93. The molecule has 0 radical (unpaired) electrons. The van der Waals surface area contributed by atoms with Crippen molar-refractivity contribution in [3.05, 3.63) is 53.4 Å². The first-order valence-electron chi connectivity index (χ1n) is 8.89. The van der Waals surface area contributed by atoms with Gasteiger partial charge in [-0.3, -0.25) is 14.6 Å². The molecule has 2 N–H and O–H groups in total. The number of pyridine rings is 1. The average molecular weight is 351 g/mol. The summed E-state index contributed by atoms with van der Waals surface area (Å²) in [4.78, 5) is 30.4. The van der Waals surface area contributed by atoms with Crippen molar-refractivity contribution in [2.45, 2.75) is 25.8 Å². The SMILES string of the molecule is CC1C(Cc2ccc3ccccc3n2)C2=C(CCNC2=O)N1CC(=O)O. The number of carboxylic acid groups (broad SMARTS) is 1. The maximum absolute atomic E-state index is 12.5. The zero-order chi connectivity index (χ0) is 18.3. The highest BCUT2D eigenvalue weighted by atomic mass is 16.4. The van der Waals surface area contributed by atoms with Gasteiger partial charge < -0.3 is 15.3 Å². The third-order valence-corrected chi connectivity index (χ3v) is 5.39. The maximum atomic E-state index is 12.5. The Bertz CT molecular complexity index is 921. The van der Waals surface area contributed by atoms with Gasteiger partial charge in [0.2, 0.25) is 5.91 Å². The van der Waals surface area contributed by atoms with Crippen molar-refractivity contribution < 1.29 is 14.7 Å². The van der Waals surface area contributed by atoms with E-state index in [4.69, 9.17) is 4.98 Å². The zero-order valence-corrected chi connectivity index (χ0v) is 14.6. The summed E-state index contributed by atoms with van der Waals surface area (Å²) in [5.74, 6) is -1.01. The van der Waals surface area contributed by atoms with E-state index in [0.29, 0.717) is 19.4 Å². The second kappa shape index (κ2) is 6.44. The Balaban J connectivity index is 1.68. The van der Waals surface area contributed by atoms with E-state index in [1.54, 1.807) is 0 Å². The van der Waals surface area contributed by atoms with Crippen LogP contribution in [0.4, 0.5) is 0 Å². The molecule has 0 saturated carbocycles. The monoisotopic (exact) mass is 351 g/mol. The second-order valence-electron chi connectivity index (χ2n) is 6.93. The topological polar surface area (TPSA) is 82.5 Å². The van der Waals surface area contributed by atoms with Crippen molar-refractivity contribution in [2.75, 3.05) is 13.1 Å². The van der Waals surface area contributed by atoms with Gasteiger partial charge in [0.15, 0.2) is 0 Å². The molecule has 1 aromatic heterocycles. The van der Waals surface area contributed by atoms with E-state index in [9.17, 15) is 14.7 Å². The highest BCUT2D eigenvalue weighted by Crippen LogP contribution is 2.39. The van der Waals surface area contributed by atoms with E-state index in [1.165, 1.54) is 0 Å². The van der Waals surface area contributed by atoms with Gasteiger partial charge in [0.05, 0.1) is 5.52 Å². The number of hydrogen-bond acceptors (Lipinski definition) is 4. The van der Waals surface area contributed by atoms with Crippen LogP contribution in [0.5, 0.6) is 0 Å². The summed E-state index contributed by atoms with van der Waals surface area (Å²) in [6.45, 7) is 2.48. The fourth-order valence-corrected chi connectivity index (χ4v) is 4.15. The number of carbonyl (C=O) groups is 2. The molecule has 26 heavy (non-hydrogen) atoms. The van der Waals surface area contributed by atoms with Gasteiger partial charge in [-0.2, -0.15) is 0 Å². The van der Waals surface area contributed by atoms with Gasteiger partial charge in [-0.05, 0) is 25.5 Å². The Morgan fingerprint density at radius 3 is 2.92 bits per heavy atom. The quantitative estimate of drug-likeness (QED) is 0.880. The molecule has 0 bridgehead atoms. The molecule has 1 aromatic carbocycles. The van der Waals surface area contributed by atoms with E-state index in [-0.39, 0.29) is 24.4 Å². The minimum absolute atomic E-state index is 0.0479. The summed E-state index contributed by atoms with van der Waals surface area (Å²) in [6.07, 6.45) is 1.30. The number of rotatable bonds is 4. The van der Waals surface area contributed by atoms with Crippen molar-refractivity contribution in [3.63, 3.8) is 0 Å². The van der Waals surface area contributed by atoms with Crippen LogP contribution < -0.4 is 5.32 Å². The molecule has 2 atom stereocenters. The number of para-hydroxylation sites is 1. The number of carboxylic acids is 1. The van der Waals surface area contributed by atoms with Gasteiger partial charge in [-0.15, -0.1) is 0 Å². The highest BCUT2D eigenvalue weighted by Gasteiger charge is 2.43. The van der Waals surface area contributed by atoms with Gasteiger partial charge in [-0.25, -0.2) is 0 Å². The number of amides is 1. The molecule has 2 aromatic rings. The van der Waals surface area contributed by atoms with Crippen LogP contribution in [0.3, 0.4) is 0 Å². The van der Waals surface area contributed by atoms with Crippen molar-refractivity contribution in [3.8, 4) is 0 Å². The number of fused-ring (bicyclic) bond motifs is 1. The standard InChI is InChI=1S/C20H21N3O3/c1-12-15(10-14-7-6-13-4-2-3-5-16(13)22-14)19-17(8-9-21-20(19)26)23(12)11-18(24)25/h2-7,12,15H,8-11H2,1H3,(H,21,26)(H,24,25). The van der Waals surface area contributed by atoms with Crippen LogP contribution in [0.25, 0.3) is 10.9 Å². The molecule has 6 nitrogen and oxygen atoms in total. The van der Waals surface area contributed by atoms with Crippen molar-refractivity contribution >= 4 is 22.8 Å². The summed E-state index contributed by atoms with van der Waals surface area (Å²) in [5, 5.41) is 13.2. The van der Waals surface area contributed by atoms with Gasteiger partial charge in [0, 0.05) is 47.3 Å². The third kappa shape index (κ3) is 2.81. The molecule has 2 aliphatic rings.